The maximum absolute atomic E-state index is 13.6. The zero-order valence-electron chi connectivity index (χ0n) is 25.8. The second-order valence-corrected chi connectivity index (χ2v) is 10.0. The zero-order chi connectivity index (χ0) is 33.2. The summed E-state index contributed by atoms with van der Waals surface area (Å²) in [5.74, 6) is -2.72. The molecular formula is C34H33N5O8. The lowest BCUT2D eigenvalue weighted by atomic mass is 10.1. The number of carboxylic acid groups (broad SMARTS) is 2. The highest BCUT2D eigenvalue weighted by Gasteiger charge is 2.29. The predicted octanol–water partition coefficient (Wildman–Crippen LogP) is 4.72. The summed E-state index contributed by atoms with van der Waals surface area (Å²) >= 11 is 0. The van der Waals surface area contributed by atoms with Crippen LogP contribution in [0.5, 0.6) is 17.2 Å². The van der Waals surface area contributed by atoms with Crippen molar-refractivity contribution >= 4 is 45.8 Å². The number of carboxylic acids is 2. The highest BCUT2D eigenvalue weighted by Crippen LogP contribution is 2.39. The quantitative estimate of drug-likeness (QED) is 0.171. The van der Waals surface area contributed by atoms with Gasteiger partial charge in [-0.3, -0.25) is 14.7 Å². The van der Waals surface area contributed by atoms with Crippen LogP contribution in [0.3, 0.4) is 0 Å². The molecule has 0 aliphatic carbocycles. The van der Waals surface area contributed by atoms with E-state index >= 15 is 0 Å². The van der Waals surface area contributed by atoms with Crippen molar-refractivity contribution in [2.24, 2.45) is 0 Å². The van der Waals surface area contributed by atoms with Crippen LogP contribution in [0.2, 0.25) is 0 Å². The molecule has 0 saturated carbocycles. The summed E-state index contributed by atoms with van der Waals surface area (Å²) in [6, 6.07) is 21.3. The number of ether oxygens (including phenoxy) is 2. The summed E-state index contributed by atoms with van der Waals surface area (Å²) in [5, 5.41) is 33.0. The van der Waals surface area contributed by atoms with Gasteiger partial charge >= 0.3 is 11.9 Å². The summed E-state index contributed by atoms with van der Waals surface area (Å²) < 4.78 is 11.7. The molecule has 0 fully saturated rings. The van der Waals surface area contributed by atoms with E-state index in [1.807, 2.05) is 30.3 Å². The molecule has 0 atom stereocenters. The van der Waals surface area contributed by atoms with E-state index in [1.165, 1.54) is 24.4 Å². The number of likely N-dealkylation sites (N-methyl/N-ethyl adjacent to an activating group) is 1. The fourth-order valence-electron chi connectivity index (χ4n) is 4.39. The van der Waals surface area contributed by atoms with Gasteiger partial charge in [-0.05, 0) is 63.5 Å². The Hall–Kier alpha value is -6.23. The van der Waals surface area contributed by atoms with Crippen molar-refractivity contribution in [2.45, 2.75) is 6.92 Å². The Labute approximate surface area is 270 Å². The molecule has 1 aromatic heterocycles. The standard InChI is InChI=1S/C34H31N5O7.H2O/c1-4-45-30-18-27-26(17-28(30)39(29(34(43)44)19-32(41)42)31(40)11-8-16-38(2)3)33(22(20-35)21-36-27)37-23-12-14-25(15-13-23)46-24-9-6-5-7-10-24;/h5-15,17-19,21H,4,16H2,1-3H3,(H,36,37)(H,41,42)(H,43,44);1H2/b11-8?,29-19+;. The number of fused-ring (bicyclic) bond motifs is 1. The molecule has 0 spiro atoms. The van der Waals surface area contributed by atoms with Crippen molar-refractivity contribution in [3.05, 3.63) is 102 Å². The summed E-state index contributed by atoms with van der Waals surface area (Å²) in [6.45, 7) is 2.20. The first-order chi connectivity index (χ1) is 22.1. The second kappa shape index (κ2) is 16.2. The van der Waals surface area contributed by atoms with Crippen LogP contribution in [0.15, 0.2) is 96.9 Å². The van der Waals surface area contributed by atoms with Crippen LogP contribution >= 0.6 is 0 Å². The molecule has 242 valence electrons. The number of nitrogens with one attached hydrogen (secondary N) is 1. The number of carbonyl (C=O) groups is 3. The lowest BCUT2D eigenvalue weighted by Gasteiger charge is -2.25. The molecule has 4 rings (SSSR count). The van der Waals surface area contributed by atoms with Crippen molar-refractivity contribution in [2.75, 3.05) is 37.5 Å². The molecular weight excluding hydrogens is 606 g/mol. The van der Waals surface area contributed by atoms with E-state index in [-0.39, 0.29) is 29.1 Å². The number of aromatic nitrogens is 1. The van der Waals surface area contributed by atoms with Crippen LogP contribution in [0, 0.1) is 11.3 Å². The highest BCUT2D eigenvalue weighted by atomic mass is 16.5. The summed E-state index contributed by atoms with van der Waals surface area (Å²) in [5.41, 5.74) is 0.568. The number of para-hydroxylation sites is 1. The van der Waals surface area contributed by atoms with Crippen molar-refractivity contribution in [3.8, 4) is 23.3 Å². The normalized spacial score (nSPS) is 11.1. The smallest absolute Gasteiger partial charge is 0.353 e. The number of anilines is 3. The van der Waals surface area contributed by atoms with Gasteiger partial charge in [0.05, 0.1) is 35.1 Å². The van der Waals surface area contributed by atoms with E-state index in [1.54, 1.807) is 50.2 Å². The van der Waals surface area contributed by atoms with E-state index in [9.17, 15) is 29.9 Å². The third-order valence-corrected chi connectivity index (χ3v) is 6.38. The first-order valence-electron chi connectivity index (χ1n) is 14.0. The van der Waals surface area contributed by atoms with Crippen LogP contribution < -0.4 is 19.7 Å². The van der Waals surface area contributed by atoms with E-state index < -0.39 is 23.5 Å². The number of amides is 1. The Morgan fingerprint density at radius 1 is 1.02 bits per heavy atom. The third-order valence-electron chi connectivity index (χ3n) is 6.38. The molecule has 4 aromatic rings. The van der Waals surface area contributed by atoms with E-state index in [4.69, 9.17) is 9.47 Å². The van der Waals surface area contributed by atoms with Crippen molar-refractivity contribution in [1.82, 2.24) is 9.88 Å². The Bertz CT molecular complexity index is 1850. The molecule has 1 amide bonds. The van der Waals surface area contributed by atoms with Gasteiger partial charge in [0.1, 0.15) is 29.0 Å². The molecule has 5 N–H and O–H groups in total. The average Bonchev–Trinajstić information content (AvgIpc) is 3.02. The van der Waals surface area contributed by atoms with Crippen LogP contribution in [0.25, 0.3) is 10.9 Å². The first kappa shape index (κ1) is 35.3. The summed E-state index contributed by atoms with van der Waals surface area (Å²) in [7, 11) is 3.57. The Kier molecular flexibility index (Phi) is 12.1. The molecule has 13 heteroatoms. The third kappa shape index (κ3) is 8.92. The van der Waals surface area contributed by atoms with E-state index in [0.717, 1.165) is 11.0 Å². The lowest BCUT2D eigenvalue weighted by Crippen LogP contribution is -2.33. The van der Waals surface area contributed by atoms with Gasteiger partial charge in [-0.15, -0.1) is 0 Å². The maximum Gasteiger partial charge on any atom is 0.353 e. The Morgan fingerprint density at radius 2 is 1.70 bits per heavy atom. The molecule has 13 nitrogen and oxygen atoms in total. The molecule has 0 unspecified atom stereocenters. The van der Waals surface area contributed by atoms with Gasteiger partial charge in [-0.2, -0.15) is 5.26 Å². The minimum absolute atomic E-state index is 0. The van der Waals surface area contributed by atoms with Crippen molar-refractivity contribution < 1.29 is 39.5 Å². The second-order valence-electron chi connectivity index (χ2n) is 10.0. The number of aliphatic carboxylic acids is 2. The minimum atomic E-state index is -1.65. The van der Waals surface area contributed by atoms with Gasteiger partial charge in [0.15, 0.2) is 0 Å². The Balaban J connectivity index is 0.00000600. The summed E-state index contributed by atoms with van der Waals surface area (Å²) in [6.07, 6.45) is 4.49. The van der Waals surface area contributed by atoms with E-state index in [0.29, 0.717) is 46.4 Å². The van der Waals surface area contributed by atoms with Crippen LogP contribution in [0.1, 0.15) is 12.5 Å². The number of hydrogen-bond donors (Lipinski definition) is 3. The maximum atomic E-state index is 13.6. The fourth-order valence-corrected chi connectivity index (χ4v) is 4.39. The Morgan fingerprint density at radius 3 is 2.30 bits per heavy atom. The molecule has 0 saturated heterocycles. The molecule has 0 aliphatic heterocycles. The van der Waals surface area contributed by atoms with Gasteiger partial charge < -0.3 is 35.4 Å². The molecule has 0 radical (unpaired) electrons. The number of rotatable bonds is 13. The largest absolute Gasteiger partial charge is 0.492 e. The van der Waals surface area contributed by atoms with Gasteiger partial charge in [-0.25, -0.2) is 9.59 Å². The fraction of sp³-hybridized carbons (Fsp3) is 0.147. The number of benzene rings is 3. The van der Waals surface area contributed by atoms with Crippen molar-refractivity contribution in [1.29, 1.82) is 5.26 Å². The van der Waals surface area contributed by atoms with Crippen molar-refractivity contribution in [3.63, 3.8) is 0 Å². The monoisotopic (exact) mass is 639 g/mol. The van der Waals surface area contributed by atoms with Gasteiger partial charge in [0.2, 0.25) is 0 Å². The number of pyridine rings is 1. The lowest BCUT2D eigenvalue weighted by molar-refractivity contribution is -0.135. The number of nitrogens with zero attached hydrogens (tertiary/aromatic N) is 4. The molecule has 0 bridgehead atoms. The zero-order valence-corrected chi connectivity index (χ0v) is 25.8. The number of hydrogen-bond acceptors (Lipinski definition) is 9. The SMILES string of the molecule is CCOc1cc2ncc(C#N)c(Nc3ccc(Oc4ccccc4)cc3)c2cc1N(C(=O)C=CCN(C)C)/C(=C/C(=O)O)C(=O)O.O. The summed E-state index contributed by atoms with van der Waals surface area (Å²) in [4.78, 5) is 44.5. The van der Waals surface area contributed by atoms with Gasteiger partial charge in [0.25, 0.3) is 5.91 Å². The highest BCUT2D eigenvalue weighted by molar-refractivity contribution is 6.14. The van der Waals surface area contributed by atoms with Crippen LogP contribution in [0.4, 0.5) is 17.1 Å². The predicted molar refractivity (Wildman–Crippen MR) is 176 cm³/mol. The molecule has 1 heterocycles. The van der Waals surface area contributed by atoms with E-state index in [2.05, 4.69) is 16.4 Å². The number of carbonyl (C=O) groups excluding carboxylic acids is 1. The number of nitriles is 1. The molecule has 3 aromatic carbocycles. The van der Waals surface area contributed by atoms with Gasteiger partial charge in [-0.1, -0.05) is 24.3 Å². The topological polar surface area (TPSA) is 197 Å². The van der Waals surface area contributed by atoms with Crippen LogP contribution in [-0.2, 0) is 14.4 Å². The molecule has 0 aliphatic rings. The molecule has 47 heavy (non-hydrogen) atoms. The first-order valence-corrected chi connectivity index (χ1v) is 14.0. The van der Waals surface area contributed by atoms with Gasteiger partial charge in [0, 0.05) is 36.0 Å². The average molecular weight is 640 g/mol. The minimum Gasteiger partial charge on any atom is -0.492 e. The van der Waals surface area contributed by atoms with Crippen LogP contribution in [-0.4, -0.2) is 70.7 Å².